The van der Waals surface area contributed by atoms with Gasteiger partial charge < -0.3 is 22.1 Å². The van der Waals surface area contributed by atoms with Crippen molar-refractivity contribution < 1.29 is 0 Å². The molecule has 0 spiro atoms. The average molecular weight is 339 g/mol. The number of nitrogens with two attached hydrogens (primary N) is 2. The Labute approximate surface area is 148 Å². The van der Waals surface area contributed by atoms with Gasteiger partial charge in [0.15, 0.2) is 0 Å². The molecule has 0 saturated carbocycles. The van der Waals surface area contributed by atoms with Gasteiger partial charge in [-0.15, -0.1) is 0 Å². The van der Waals surface area contributed by atoms with Gasteiger partial charge in [0, 0.05) is 60.5 Å². The predicted octanol–water partition coefficient (Wildman–Crippen LogP) is 1.09. The van der Waals surface area contributed by atoms with Gasteiger partial charge in [0.05, 0.1) is 13.1 Å². The Bertz CT molecular complexity index is 410. The highest BCUT2D eigenvalue weighted by Gasteiger charge is 2.25. The largest absolute Gasteiger partial charge is 0.329 e. The first-order chi connectivity index (χ1) is 11.1. The SMILES string of the molecule is CC1=NC[C@H](CN)NC(C)(C)CC(C)=NC[C@H](CN)NC(C)(C)C1. The molecule has 0 radical (unpaired) electrons. The minimum Gasteiger partial charge on any atom is -0.329 e. The van der Waals surface area contributed by atoms with E-state index in [2.05, 4.69) is 52.2 Å². The molecule has 1 heterocycles. The lowest BCUT2D eigenvalue weighted by atomic mass is 9.95. The summed E-state index contributed by atoms with van der Waals surface area (Å²) in [6.45, 7) is 15.5. The molecule has 0 aromatic heterocycles. The summed E-state index contributed by atoms with van der Waals surface area (Å²) in [4.78, 5) is 9.54. The summed E-state index contributed by atoms with van der Waals surface area (Å²) in [6.07, 6.45) is 1.76. The van der Waals surface area contributed by atoms with Gasteiger partial charge in [-0.05, 0) is 41.5 Å². The monoisotopic (exact) mass is 338 g/mol. The van der Waals surface area contributed by atoms with Gasteiger partial charge >= 0.3 is 0 Å². The van der Waals surface area contributed by atoms with Crippen molar-refractivity contribution in [2.75, 3.05) is 26.2 Å². The van der Waals surface area contributed by atoms with Crippen molar-refractivity contribution in [1.29, 1.82) is 0 Å². The molecule has 1 rings (SSSR count). The predicted molar refractivity (Wildman–Crippen MR) is 105 cm³/mol. The molecule has 1 aliphatic rings. The molecule has 24 heavy (non-hydrogen) atoms. The van der Waals surface area contributed by atoms with Crippen molar-refractivity contribution in [2.24, 2.45) is 21.5 Å². The maximum atomic E-state index is 5.94. The van der Waals surface area contributed by atoms with E-state index in [1.807, 2.05) is 0 Å². The lowest BCUT2D eigenvalue weighted by Crippen LogP contribution is -2.53. The first-order valence-corrected chi connectivity index (χ1v) is 9.02. The summed E-state index contributed by atoms with van der Waals surface area (Å²) in [5, 5.41) is 7.28. The Morgan fingerprint density at radius 1 is 0.833 bits per heavy atom. The van der Waals surface area contributed by atoms with Crippen LogP contribution < -0.4 is 22.1 Å². The van der Waals surface area contributed by atoms with Crippen molar-refractivity contribution in [1.82, 2.24) is 10.6 Å². The summed E-state index contributed by atoms with van der Waals surface area (Å²) < 4.78 is 0. The second-order valence-corrected chi connectivity index (χ2v) is 8.43. The quantitative estimate of drug-likeness (QED) is 0.605. The van der Waals surface area contributed by atoms with Gasteiger partial charge in [0.1, 0.15) is 0 Å². The summed E-state index contributed by atoms with van der Waals surface area (Å²) in [5.74, 6) is 0. The van der Waals surface area contributed by atoms with E-state index in [0.717, 1.165) is 24.3 Å². The fourth-order valence-electron chi connectivity index (χ4n) is 3.49. The van der Waals surface area contributed by atoms with Crippen molar-refractivity contribution in [3.05, 3.63) is 0 Å². The molecule has 0 saturated heterocycles. The Kier molecular flexibility index (Phi) is 7.99. The molecule has 0 fully saturated rings. The summed E-state index contributed by atoms with van der Waals surface area (Å²) in [7, 11) is 0. The van der Waals surface area contributed by atoms with Crippen LogP contribution in [-0.2, 0) is 0 Å². The van der Waals surface area contributed by atoms with Crippen molar-refractivity contribution >= 4 is 11.4 Å². The van der Waals surface area contributed by atoms with Crippen LogP contribution in [-0.4, -0.2) is 60.8 Å². The van der Waals surface area contributed by atoms with E-state index in [1.165, 1.54) is 0 Å². The normalized spacial score (nSPS) is 29.3. The van der Waals surface area contributed by atoms with Crippen LogP contribution in [0, 0.1) is 0 Å². The van der Waals surface area contributed by atoms with E-state index in [0.29, 0.717) is 26.2 Å². The minimum absolute atomic E-state index is 0.0595. The third-order valence-electron chi connectivity index (χ3n) is 4.32. The van der Waals surface area contributed by atoms with Gasteiger partial charge in [-0.3, -0.25) is 9.98 Å². The van der Waals surface area contributed by atoms with Crippen LogP contribution in [0.2, 0.25) is 0 Å². The fourth-order valence-corrected chi connectivity index (χ4v) is 3.49. The molecule has 6 N–H and O–H groups in total. The third-order valence-corrected chi connectivity index (χ3v) is 4.32. The van der Waals surface area contributed by atoms with Crippen LogP contribution >= 0.6 is 0 Å². The second kappa shape index (κ2) is 9.04. The molecule has 0 amide bonds. The van der Waals surface area contributed by atoms with E-state index in [1.54, 1.807) is 0 Å². The number of nitrogens with one attached hydrogen (secondary N) is 2. The van der Waals surface area contributed by atoms with Gasteiger partial charge in [0.25, 0.3) is 0 Å². The first-order valence-electron chi connectivity index (χ1n) is 9.02. The van der Waals surface area contributed by atoms with Crippen LogP contribution in [0.15, 0.2) is 9.98 Å². The van der Waals surface area contributed by atoms with Crippen LogP contribution in [0.5, 0.6) is 0 Å². The molecule has 0 bridgehead atoms. The molecule has 0 unspecified atom stereocenters. The molecular formula is C18H38N6. The summed E-state index contributed by atoms with van der Waals surface area (Å²) in [6, 6.07) is 0.358. The van der Waals surface area contributed by atoms with Crippen molar-refractivity contribution in [3.63, 3.8) is 0 Å². The number of nitrogens with zero attached hydrogens (tertiary/aromatic N) is 2. The molecule has 6 heteroatoms. The molecule has 140 valence electrons. The smallest absolute Gasteiger partial charge is 0.0554 e. The molecule has 0 aromatic rings. The van der Waals surface area contributed by atoms with Gasteiger partial charge in [-0.25, -0.2) is 0 Å². The van der Waals surface area contributed by atoms with Crippen LogP contribution in [0.4, 0.5) is 0 Å². The number of aliphatic imine (C=N–C) groups is 2. The van der Waals surface area contributed by atoms with Crippen molar-refractivity contribution in [3.8, 4) is 0 Å². The summed E-state index contributed by atoms with van der Waals surface area (Å²) >= 11 is 0. The Hall–Kier alpha value is -0.820. The maximum absolute atomic E-state index is 5.94. The van der Waals surface area contributed by atoms with E-state index < -0.39 is 0 Å². The summed E-state index contributed by atoms with van der Waals surface area (Å²) in [5.41, 5.74) is 14.0. The number of hydrogen-bond donors (Lipinski definition) is 4. The Morgan fingerprint density at radius 2 is 1.17 bits per heavy atom. The average Bonchev–Trinajstić information content (AvgIpc) is 2.45. The van der Waals surface area contributed by atoms with Crippen LogP contribution in [0.1, 0.15) is 54.4 Å². The fraction of sp³-hybridized carbons (Fsp3) is 0.889. The van der Waals surface area contributed by atoms with Gasteiger partial charge in [0.2, 0.25) is 0 Å². The highest BCUT2D eigenvalue weighted by atomic mass is 15.1. The second-order valence-electron chi connectivity index (χ2n) is 8.43. The van der Waals surface area contributed by atoms with Crippen LogP contribution in [0.3, 0.4) is 0 Å². The maximum Gasteiger partial charge on any atom is 0.0554 e. The minimum atomic E-state index is -0.0595. The Balaban J connectivity index is 3.02. The molecule has 1 aliphatic heterocycles. The van der Waals surface area contributed by atoms with E-state index >= 15 is 0 Å². The zero-order valence-corrected chi connectivity index (χ0v) is 16.4. The molecule has 2 atom stereocenters. The topological polar surface area (TPSA) is 101 Å². The number of hydrogen-bond acceptors (Lipinski definition) is 6. The van der Waals surface area contributed by atoms with Gasteiger partial charge in [-0.1, -0.05) is 0 Å². The lowest BCUT2D eigenvalue weighted by Gasteiger charge is -2.33. The highest BCUT2D eigenvalue weighted by molar-refractivity contribution is 5.83. The van der Waals surface area contributed by atoms with E-state index in [-0.39, 0.29) is 23.2 Å². The molecular weight excluding hydrogens is 300 g/mol. The number of rotatable bonds is 2. The lowest BCUT2D eigenvalue weighted by molar-refractivity contribution is 0.338. The van der Waals surface area contributed by atoms with Crippen LogP contribution in [0.25, 0.3) is 0 Å². The Morgan fingerprint density at radius 3 is 1.46 bits per heavy atom. The molecule has 0 aliphatic carbocycles. The van der Waals surface area contributed by atoms with E-state index in [4.69, 9.17) is 21.5 Å². The van der Waals surface area contributed by atoms with Gasteiger partial charge in [-0.2, -0.15) is 0 Å². The van der Waals surface area contributed by atoms with Crippen molar-refractivity contribution in [2.45, 2.75) is 77.5 Å². The molecule has 6 nitrogen and oxygen atoms in total. The van der Waals surface area contributed by atoms with E-state index in [9.17, 15) is 0 Å². The first kappa shape index (κ1) is 21.2. The third kappa shape index (κ3) is 7.83. The highest BCUT2D eigenvalue weighted by Crippen LogP contribution is 2.14. The zero-order valence-electron chi connectivity index (χ0n) is 16.4. The standard InChI is InChI=1S/C18H38N6/c1-13-7-17(3,4)23-16(10-20)12-22-14(2)8-18(5,6)24-15(9-19)11-21-13/h15-16,23-24H,7-12,19-20H2,1-6H3/t15-,16-/m0/s1. The zero-order chi connectivity index (χ0) is 18.4. The molecule has 0 aromatic carbocycles.